The highest BCUT2D eigenvalue weighted by Crippen LogP contribution is 2.40. The number of ether oxygens (including phenoxy) is 3. The molecule has 0 radical (unpaired) electrons. The fourth-order valence-electron chi connectivity index (χ4n) is 4.43. The molecule has 1 unspecified atom stereocenters. The van der Waals surface area contributed by atoms with Gasteiger partial charge in [0.25, 0.3) is 6.47 Å². The topological polar surface area (TPSA) is 167 Å². The van der Waals surface area contributed by atoms with Crippen molar-refractivity contribution in [1.29, 1.82) is 5.26 Å². The van der Waals surface area contributed by atoms with Crippen LogP contribution >= 0.6 is 0 Å². The number of hydrogen-bond donors (Lipinski definition) is 3. The average molecular weight is 601 g/mol. The summed E-state index contributed by atoms with van der Waals surface area (Å²) in [6.45, 7) is 10.4. The number of carboxylic acid groups (broad SMARTS) is 2. The Balaban J connectivity index is 0.00000171. The third-order valence-corrected chi connectivity index (χ3v) is 6.78. The number of nitriles is 1. The highest BCUT2D eigenvalue weighted by Gasteiger charge is 2.36. The van der Waals surface area contributed by atoms with Crippen LogP contribution < -0.4 is 9.47 Å². The molecule has 0 aliphatic carbocycles. The molecule has 236 valence electrons. The molecule has 0 aromatic heterocycles. The maximum absolute atomic E-state index is 11.9. The predicted molar refractivity (Wildman–Crippen MR) is 163 cm³/mol. The lowest BCUT2D eigenvalue weighted by Gasteiger charge is -2.32. The minimum Gasteiger partial charge on any atom is -0.502 e. The number of hydrogen-bond acceptors (Lipinski definition) is 9. The fraction of sp³-hybridized carbons (Fsp3) is 0.438. The first kappa shape index (κ1) is 38.4. The van der Waals surface area contributed by atoms with Crippen molar-refractivity contribution in [3.63, 3.8) is 0 Å². The molecule has 3 N–H and O–H groups in total. The molecule has 11 heteroatoms. The molecule has 0 saturated heterocycles. The van der Waals surface area contributed by atoms with Gasteiger partial charge in [-0.15, -0.1) is 0 Å². The van der Waals surface area contributed by atoms with Gasteiger partial charge in [0.15, 0.2) is 17.3 Å². The number of carboxylic acids is 1. The Morgan fingerprint density at radius 3 is 2.12 bits per heavy atom. The van der Waals surface area contributed by atoms with Crippen molar-refractivity contribution in [1.82, 2.24) is 4.90 Å². The van der Waals surface area contributed by atoms with Crippen molar-refractivity contribution in [2.24, 2.45) is 5.92 Å². The summed E-state index contributed by atoms with van der Waals surface area (Å²) in [6.07, 6.45) is 2.47. The van der Waals surface area contributed by atoms with Gasteiger partial charge in [0.2, 0.25) is 0 Å². The van der Waals surface area contributed by atoms with E-state index in [4.69, 9.17) is 34.3 Å². The van der Waals surface area contributed by atoms with Gasteiger partial charge in [-0.25, -0.2) is 9.59 Å². The van der Waals surface area contributed by atoms with Crippen molar-refractivity contribution < 1.29 is 43.9 Å². The van der Waals surface area contributed by atoms with Crippen molar-refractivity contribution in [3.8, 4) is 17.6 Å². The van der Waals surface area contributed by atoms with Crippen molar-refractivity contribution >= 4 is 18.4 Å². The Bertz CT molecular complexity index is 1240. The monoisotopic (exact) mass is 600 g/mol. The zero-order valence-corrected chi connectivity index (χ0v) is 26.0. The number of methoxy groups -OCH3 is 3. The van der Waals surface area contributed by atoms with Gasteiger partial charge in [-0.05, 0) is 93.2 Å². The average Bonchev–Trinajstić information content (AvgIpc) is 2.97. The third-order valence-electron chi connectivity index (χ3n) is 6.78. The minimum atomic E-state index is -1.38. The molecule has 0 saturated carbocycles. The van der Waals surface area contributed by atoms with Gasteiger partial charge in [0.05, 0.1) is 38.4 Å². The first-order chi connectivity index (χ1) is 20.3. The molecule has 11 nitrogen and oxygen atoms in total. The number of aryl methyl sites for hydroxylation is 1. The van der Waals surface area contributed by atoms with Gasteiger partial charge in [-0.1, -0.05) is 26.0 Å². The summed E-state index contributed by atoms with van der Waals surface area (Å²) in [6, 6.07) is 14.3. The largest absolute Gasteiger partial charge is 0.502 e. The second-order valence-electron chi connectivity index (χ2n) is 10.0. The van der Waals surface area contributed by atoms with Gasteiger partial charge in [0.1, 0.15) is 0 Å². The van der Waals surface area contributed by atoms with E-state index in [-0.39, 0.29) is 18.4 Å². The number of aliphatic hydroxyl groups is 1. The molecule has 2 aromatic rings. The number of rotatable bonds is 13. The summed E-state index contributed by atoms with van der Waals surface area (Å²) in [7, 11) is 6.72. The van der Waals surface area contributed by atoms with E-state index in [9.17, 15) is 14.9 Å². The number of likely N-dealkylation sites (N-methyl/N-ethyl adjacent to an activating group) is 1. The van der Waals surface area contributed by atoms with Crippen LogP contribution in [0.1, 0.15) is 53.7 Å². The maximum Gasteiger partial charge on any atom is 0.370 e. The van der Waals surface area contributed by atoms with Crippen molar-refractivity contribution in [2.45, 2.75) is 45.4 Å². The predicted octanol–water partition coefficient (Wildman–Crippen LogP) is 5.01. The second-order valence-corrected chi connectivity index (χ2v) is 10.0. The van der Waals surface area contributed by atoms with E-state index in [1.54, 1.807) is 14.2 Å². The number of nitrogens with zero attached hydrogens (tertiary/aromatic N) is 2. The lowest BCUT2D eigenvalue weighted by molar-refractivity contribution is -0.135. The van der Waals surface area contributed by atoms with E-state index < -0.39 is 17.1 Å². The summed E-state index contributed by atoms with van der Waals surface area (Å²) < 4.78 is 15.7. The van der Waals surface area contributed by atoms with Crippen molar-refractivity contribution in [3.05, 3.63) is 71.0 Å². The molecule has 1 atom stereocenters. The molecule has 0 fully saturated rings. The maximum atomic E-state index is 11.9. The standard InChI is InChI=1S/C28H38N2O4.C3H4O3.CH2O2/c1-20(2)28(19-29,24-9-10-25(32-5)26(18-24)33-6)12-8-13-30(4)14-11-22-15-21(3)16-23(17-22)27(31)34-7;1-2(4)3(5)6;2-1-3/h9-10,15-18,20H,8,11-14H2,1-7H3;4H,1H2,(H,5,6);1H,(H,2,3). The highest BCUT2D eigenvalue weighted by atomic mass is 16.5. The molecular formula is C32H44N2O9. The summed E-state index contributed by atoms with van der Waals surface area (Å²) in [5, 5.41) is 32.6. The Morgan fingerprint density at radius 2 is 1.65 bits per heavy atom. The van der Waals surface area contributed by atoms with Gasteiger partial charge in [-0.2, -0.15) is 5.26 Å². The molecule has 43 heavy (non-hydrogen) atoms. The first-order valence-corrected chi connectivity index (χ1v) is 13.5. The second kappa shape index (κ2) is 19.5. The zero-order chi connectivity index (χ0) is 33.2. The molecule has 2 rings (SSSR count). The molecule has 0 spiro atoms. The number of carbonyl (C=O) groups excluding carboxylic acids is 1. The number of aliphatic hydroxyl groups excluding tert-OH is 1. The van der Waals surface area contributed by atoms with Crippen LogP contribution in [0.15, 0.2) is 48.7 Å². The van der Waals surface area contributed by atoms with Crippen LogP contribution in [0.3, 0.4) is 0 Å². The Kier molecular flexibility index (Phi) is 17.5. The van der Waals surface area contributed by atoms with E-state index in [0.717, 1.165) is 49.0 Å². The molecule has 0 aliphatic rings. The highest BCUT2D eigenvalue weighted by molar-refractivity contribution is 5.89. The number of carbonyl (C=O) groups is 3. The SMILES string of the molecule is C=C(O)C(=O)O.COC(=O)c1cc(C)cc(CCN(C)CCCC(C#N)(c2ccc(OC)c(OC)c2)C(C)C)c1.O=CO. The smallest absolute Gasteiger partial charge is 0.370 e. The number of aliphatic carboxylic acids is 1. The van der Waals surface area contributed by atoms with E-state index in [1.165, 1.54) is 7.11 Å². The van der Waals surface area contributed by atoms with Crippen LogP contribution in [0.5, 0.6) is 11.5 Å². The van der Waals surface area contributed by atoms with E-state index in [0.29, 0.717) is 17.1 Å². The Hall–Kier alpha value is -4.56. The lowest BCUT2D eigenvalue weighted by Crippen LogP contribution is -2.32. The number of esters is 1. The lowest BCUT2D eigenvalue weighted by atomic mass is 9.69. The summed E-state index contributed by atoms with van der Waals surface area (Å²) in [5.74, 6) is -1.07. The van der Waals surface area contributed by atoms with Gasteiger partial charge in [-0.3, -0.25) is 4.79 Å². The molecule has 0 amide bonds. The Labute approximate surface area is 253 Å². The van der Waals surface area contributed by atoms with Gasteiger partial charge < -0.3 is 34.4 Å². The van der Waals surface area contributed by atoms with E-state index in [2.05, 4.69) is 44.5 Å². The van der Waals surface area contributed by atoms with Gasteiger partial charge >= 0.3 is 11.9 Å². The normalized spacial score (nSPS) is 11.4. The van der Waals surface area contributed by atoms with Crippen LogP contribution in [-0.2, 0) is 26.2 Å². The molecular weight excluding hydrogens is 556 g/mol. The van der Waals surface area contributed by atoms with Crippen LogP contribution in [0.4, 0.5) is 0 Å². The molecule has 0 aliphatic heterocycles. The third kappa shape index (κ3) is 12.5. The van der Waals surface area contributed by atoms with E-state index >= 15 is 0 Å². The zero-order valence-electron chi connectivity index (χ0n) is 26.0. The quantitative estimate of drug-likeness (QED) is 0.122. The van der Waals surface area contributed by atoms with Gasteiger partial charge in [0, 0.05) is 6.54 Å². The van der Waals surface area contributed by atoms with Crippen LogP contribution in [0.2, 0.25) is 0 Å². The Morgan fingerprint density at radius 1 is 1.07 bits per heavy atom. The summed E-state index contributed by atoms with van der Waals surface area (Å²) >= 11 is 0. The first-order valence-electron chi connectivity index (χ1n) is 13.5. The molecule has 0 bridgehead atoms. The van der Waals surface area contributed by atoms with Crippen LogP contribution in [-0.4, -0.2) is 80.1 Å². The van der Waals surface area contributed by atoms with E-state index in [1.807, 2.05) is 37.3 Å². The summed E-state index contributed by atoms with van der Waals surface area (Å²) in [4.78, 5) is 31.9. The van der Waals surface area contributed by atoms with Crippen LogP contribution in [0.25, 0.3) is 0 Å². The summed E-state index contributed by atoms with van der Waals surface area (Å²) in [5.41, 5.74) is 3.11. The molecule has 0 heterocycles. The fourth-order valence-corrected chi connectivity index (χ4v) is 4.43. The molecule has 2 aromatic carbocycles. The van der Waals surface area contributed by atoms with Crippen molar-refractivity contribution in [2.75, 3.05) is 41.5 Å². The number of benzene rings is 2. The van der Waals surface area contributed by atoms with Crippen LogP contribution in [0, 0.1) is 24.2 Å². The minimum absolute atomic E-state index is 0.143.